The van der Waals surface area contributed by atoms with Gasteiger partial charge in [-0.3, -0.25) is 19.6 Å². The second-order valence-electron chi connectivity index (χ2n) is 14.3. The predicted octanol–water partition coefficient (Wildman–Crippen LogP) is 7.68. The van der Waals surface area contributed by atoms with Crippen LogP contribution in [0.3, 0.4) is 0 Å². The van der Waals surface area contributed by atoms with Crippen LogP contribution in [0.5, 0.6) is 0 Å². The molecule has 0 N–H and O–H groups in total. The van der Waals surface area contributed by atoms with Crippen LogP contribution in [0.25, 0.3) is 0 Å². The van der Waals surface area contributed by atoms with Gasteiger partial charge in [-0.15, -0.1) is 0 Å². The van der Waals surface area contributed by atoms with Crippen molar-refractivity contribution in [2.45, 2.75) is 140 Å². The average molecular weight is 747 g/mol. The highest BCUT2D eigenvalue weighted by molar-refractivity contribution is 9.10. The van der Waals surface area contributed by atoms with Crippen LogP contribution in [0, 0.1) is 35.5 Å². The maximum atomic E-state index is 12.4. The standard InChI is InChI=1S/C34H54Br2N2O6/c1-19(2)23-13-11-21(5)17-25(23)41-33-29(27(35)31(39)43-33)37-15-9-7-8-10-16-38-30-28(36)32(40)44-34(30)42-26-18-22(6)12-14-24(26)20(3)4/h19-28,33-34H,7-18H2,1-6H3/t21?,22?,23-,24-,25-,26-,27?,28?,33?,34?/m0/s1. The zero-order valence-corrected chi connectivity index (χ0v) is 30.7. The molecule has 2 aliphatic heterocycles. The number of hydrogen-bond donors (Lipinski definition) is 0. The van der Waals surface area contributed by atoms with Crippen molar-refractivity contribution in [3.05, 3.63) is 0 Å². The fourth-order valence-corrected chi connectivity index (χ4v) is 8.23. The lowest BCUT2D eigenvalue weighted by Crippen LogP contribution is -2.39. The largest absolute Gasteiger partial charge is 0.429 e. The van der Waals surface area contributed by atoms with Crippen molar-refractivity contribution in [3.63, 3.8) is 0 Å². The first-order chi connectivity index (χ1) is 21.0. The van der Waals surface area contributed by atoms with Gasteiger partial charge in [0.2, 0.25) is 12.6 Å². The van der Waals surface area contributed by atoms with Crippen molar-refractivity contribution in [2.75, 3.05) is 13.1 Å². The van der Waals surface area contributed by atoms with E-state index < -0.39 is 22.2 Å². The summed E-state index contributed by atoms with van der Waals surface area (Å²) < 4.78 is 24.1. The Bertz CT molecular complexity index is 955. The molecule has 0 radical (unpaired) electrons. The normalized spacial score (nSPS) is 38.2. The number of ether oxygens (including phenoxy) is 4. The van der Waals surface area contributed by atoms with Gasteiger partial charge in [0.15, 0.2) is 9.65 Å². The number of cyclic esters (lactones) is 2. The Hall–Kier alpha value is -0.840. The van der Waals surface area contributed by atoms with Crippen LogP contribution in [0.1, 0.15) is 106 Å². The lowest BCUT2D eigenvalue weighted by molar-refractivity contribution is -0.174. The number of hydrogen-bond acceptors (Lipinski definition) is 8. The highest BCUT2D eigenvalue weighted by atomic mass is 79.9. The zero-order valence-electron chi connectivity index (χ0n) is 27.5. The van der Waals surface area contributed by atoms with Gasteiger partial charge in [0.05, 0.1) is 12.2 Å². The van der Waals surface area contributed by atoms with Crippen molar-refractivity contribution < 1.29 is 28.5 Å². The van der Waals surface area contributed by atoms with E-state index in [1.54, 1.807) is 0 Å². The van der Waals surface area contributed by atoms with Gasteiger partial charge in [0.25, 0.3) is 0 Å². The Labute approximate surface area is 281 Å². The molecule has 0 bridgehead atoms. The van der Waals surface area contributed by atoms with E-state index in [1.807, 2.05) is 0 Å². The first-order valence-corrected chi connectivity index (χ1v) is 18.9. The summed E-state index contributed by atoms with van der Waals surface area (Å²) >= 11 is 6.95. The quantitative estimate of drug-likeness (QED) is 0.109. The molecule has 4 rings (SSSR count). The Kier molecular flexibility index (Phi) is 13.8. The molecule has 6 unspecified atom stereocenters. The Morgan fingerprint density at radius 1 is 0.682 bits per heavy atom. The molecule has 10 atom stereocenters. The number of carbonyl (C=O) groups is 2. The third kappa shape index (κ3) is 9.37. The molecule has 2 aliphatic carbocycles. The minimum atomic E-state index is -0.699. The average Bonchev–Trinajstić information content (AvgIpc) is 3.37. The Morgan fingerprint density at radius 3 is 1.43 bits per heavy atom. The van der Waals surface area contributed by atoms with E-state index in [0.29, 0.717) is 60.0 Å². The smallest absolute Gasteiger partial charge is 0.328 e. The lowest BCUT2D eigenvalue weighted by Gasteiger charge is -2.38. The summed E-state index contributed by atoms with van der Waals surface area (Å²) in [5, 5.41) is 0. The molecule has 2 heterocycles. The van der Waals surface area contributed by atoms with Crippen LogP contribution in [0.15, 0.2) is 9.98 Å². The molecule has 8 nitrogen and oxygen atoms in total. The SMILES string of the molecule is CC1CC[C@@H](C(C)C)[C@@H](OC2OC(=O)C(Br)C2=NCCCCCCN=C2C(O[C@H]3CC(C)CC[C@H]3C(C)C)OC(=O)C2Br)C1. The fraction of sp³-hybridized carbons (Fsp3) is 0.882. The van der Waals surface area contributed by atoms with Gasteiger partial charge in [0, 0.05) is 13.1 Å². The first-order valence-electron chi connectivity index (χ1n) is 17.0. The van der Waals surface area contributed by atoms with Gasteiger partial charge in [0.1, 0.15) is 11.4 Å². The van der Waals surface area contributed by atoms with Gasteiger partial charge in [-0.1, -0.05) is 99.1 Å². The number of nitrogens with zero attached hydrogens (tertiary/aromatic N) is 2. The summed E-state index contributed by atoms with van der Waals surface area (Å²) in [5.41, 5.74) is 1.32. The third-order valence-electron chi connectivity index (χ3n) is 10.0. The number of unbranched alkanes of at least 4 members (excludes halogenated alkanes) is 3. The maximum absolute atomic E-state index is 12.4. The van der Waals surface area contributed by atoms with E-state index >= 15 is 0 Å². The van der Waals surface area contributed by atoms with E-state index in [1.165, 1.54) is 12.8 Å². The number of carbonyl (C=O) groups excluding carboxylic acids is 2. The highest BCUT2D eigenvalue weighted by Gasteiger charge is 2.45. The van der Waals surface area contributed by atoms with Crippen LogP contribution < -0.4 is 0 Å². The molecule has 250 valence electrons. The minimum absolute atomic E-state index is 0.0775. The molecular formula is C34H54Br2N2O6. The van der Waals surface area contributed by atoms with Gasteiger partial charge < -0.3 is 18.9 Å². The molecule has 2 saturated heterocycles. The summed E-state index contributed by atoms with van der Waals surface area (Å²) in [4.78, 5) is 33.2. The number of rotatable bonds is 13. The van der Waals surface area contributed by atoms with Gasteiger partial charge >= 0.3 is 11.9 Å². The van der Waals surface area contributed by atoms with Crippen LogP contribution in [-0.4, -0.2) is 70.9 Å². The minimum Gasteiger partial charge on any atom is -0.429 e. The summed E-state index contributed by atoms with van der Waals surface area (Å²) in [7, 11) is 0. The van der Waals surface area contributed by atoms with Crippen molar-refractivity contribution in [1.29, 1.82) is 0 Å². The number of aliphatic imine (C=N–C) groups is 2. The van der Waals surface area contributed by atoms with E-state index in [-0.39, 0.29) is 24.1 Å². The van der Waals surface area contributed by atoms with Gasteiger partial charge in [-0.2, -0.15) is 0 Å². The fourth-order valence-electron chi connectivity index (χ4n) is 7.29. The van der Waals surface area contributed by atoms with E-state index in [4.69, 9.17) is 28.9 Å². The Morgan fingerprint density at radius 2 is 1.07 bits per heavy atom. The molecule has 0 spiro atoms. The van der Waals surface area contributed by atoms with E-state index in [2.05, 4.69) is 73.4 Å². The van der Waals surface area contributed by atoms with Crippen LogP contribution in [-0.2, 0) is 28.5 Å². The summed E-state index contributed by atoms with van der Waals surface area (Å²) in [6, 6.07) is 0. The molecule has 44 heavy (non-hydrogen) atoms. The highest BCUT2D eigenvalue weighted by Crippen LogP contribution is 2.38. The maximum Gasteiger partial charge on any atom is 0.328 e. The summed E-state index contributed by atoms with van der Waals surface area (Å²) in [6.45, 7) is 14.8. The molecule has 0 aromatic heterocycles. The lowest BCUT2D eigenvalue weighted by atomic mass is 9.75. The molecule has 0 amide bonds. The predicted molar refractivity (Wildman–Crippen MR) is 181 cm³/mol. The molecule has 10 heteroatoms. The third-order valence-corrected chi connectivity index (χ3v) is 11.7. The molecular weight excluding hydrogens is 692 g/mol. The summed E-state index contributed by atoms with van der Waals surface area (Å²) in [5.74, 6) is 2.54. The number of alkyl halides is 2. The molecule has 0 aromatic carbocycles. The van der Waals surface area contributed by atoms with Crippen LogP contribution >= 0.6 is 31.9 Å². The van der Waals surface area contributed by atoms with E-state index in [0.717, 1.165) is 51.4 Å². The van der Waals surface area contributed by atoms with Crippen LogP contribution in [0.2, 0.25) is 0 Å². The van der Waals surface area contributed by atoms with Crippen molar-refractivity contribution >= 4 is 55.2 Å². The van der Waals surface area contributed by atoms with E-state index in [9.17, 15) is 9.59 Å². The van der Waals surface area contributed by atoms with Crippen molar-refractivity contribution in [1.82, 2.24) is 0 Å². The number of halogens is 2. The van der Waals surface area contributed by atoms with Crippen LogP contribution in [0.4, 0.5) is 0 Å². The molecule has 0 aromatic rings. The number of esters is 2. The topological polar surface area (TPSA) is 95.8 Å². The van der Waals surface area contributed by atoms with Crippen molar-refractivity contribution in [3.8, 4) is 0 Å². The first kappa shape index (κ1) is 36.0. The molecule has 4 fully saturated rings. The second-order valence-corrected chi connectivity index (χ2v) is 16.1. The zero-order chi connectivity index (χ0) is 32.0. The monoisotopic (exact) mass is 744 g/mol. The molecule has 4 aliphatic rings. The van der Waals surface area contributed by atoms with Gasteiger partial charge in [-0.25, -0.2) is 0 Å². The van der Waals surface area contributed by atoms with Gasteiger partial charge in [-0.05, 0) is 74.0 Å². The van der Waals surface area contributed by atoms with Crippen molar-refractivity contribution in [2.24, 2.45) is 45.5 Å². The second kappa shape index (κ2) is 16.8. The molecule has 2 saturated carbocycles. The Balaban J connectivity index is 1.23. The summed E-state index contributed by atoms with van der Waals surface area (Å²) in [6.07, 6.45) is 9.26.